The van der Waals surface area contributed by atoms with Gasteiger partial charge in [-0.05, 0) is 106 Å². The van der Waals surface area contributed by atoms with Gasteiger partial charge in [-0.2, -0.15) is 0 Å². The lowest BCUT2D eigenvalue weighted by atomic mass is 9.82. The Kier molecular flexibility index (Phi) is 16.9. The predicted molar refractivity (Wildman–Crippen MR) is 222 cm³/mol. The fourth-order valence-corrected chi connectivity index (χ4v) is 7.03. The van der Waals surface area contributed by atoms with E-state index in [2.05, 4.69) is 157 Å². The highest BCUT2D eigenvalue weighted by atomic mass is 32.8. The van der Waals surface area contributed by atoms with E-state index in [1.807, 2.05) is 13.8 Å². The Labute approximate surface area is 311 Å². The number of anilines is 3. The zero-order valence-electron chi connectivity index (χ0n) is 31.2. The molecule has 1 saturated carbocycles. The maximum absolute atomic E-state index is 12.4. The van der Waals surface area contributed by atoms with Crippen LogP contribution in [0, 0.1) is 0 Å². The number of esters is 1. The Morgan fingerprint density at radius 2 is 1.24 bits per heavy atom. The number of nitrogens with zero attached hydrogens (tertiary/aromatic N) is 2. The number of carbonyl (C=O) groups excluding carboxylic acids is 1. The van der Waals surface area contributed by atoms with Crippen molar-refractivity contribution in [2.45, 2.75) is 92.2 Å². The smallest absolute Gasteiger partial charge is 0.333 e. The van der Waals surface area contributed by atoms with Crippen LogP contribution in [0.1, 0.15) is 96.8 Å². The molecule has 5 nitrogen and oxygen atoms in total. The molecule has 5 rings (SSSR count). The van der Waals surface area contributed by atoms with E-state index >= 15 is 0 Å². The summed E-state index contributed by atoms with van der Waals surface area (Å²) in [5.74, 6) is -0.241. The van der Waals surface area contributed by atoms with Crippen molar-refractivity contribution in [1.82, 2.24) is 0 Å². The average molecular weight is 712 g/mol. The van der Waals surface area contributed by atoms with E-state index in [4.69, 9.17) is 4.74 Å². The summed E-state index contributed by atoms with van der Waals surface area (Å²) in [7, 11) is 0. The van der Waals surface area contributed by atoms with E-state index in [-0.39, 0.29) is 24.0 Å². The molecular weight excluding hydrogens is 655 g/mol. The van der Waals surface area contributed by atoms with Crippen LogP contribution in [0.5, 0.6) is 0 Å². The third-order valence-electron chi connectivity index (χ3n) is 9.63. The minimum absolute atomic E-state index is 0.0577. The van der Waals surface area contributed by atoms with Crippen molar-refractivity contribution >= 4 is 56.2 Å². The van der Waals surface area contributed by atoms with Crippen LogP contribution in [0.2, 0.25) is 0 Å². The van der Waals surface area contributed by atoms with E-state index in [1.165, 1.54) is 38.8 Å². The maximum atomic E-state index is 12.4. The first kappa shape index (κ1) is 40.6. The standard InChI is InChI=1S/C41H51N3O2.C2H6.S2/c1-7-43(8-2)32-23-19-30(20-24-32)40(31-21-25-33(26-22-31)44(9-3)10-4)36-27-28-37(35-16-12-11-15-34(35)36)42-38-17-13-14-18-39(38)46-41(45)29(5)6;2*1-2/h11-12,15-16,19-28,38-40,42H,5,7-10,13-14,17-18H2,1-4,6H3;1-2H3;. The fraction of sp³-hybridized carbons (Fsp3) is 0.419. The maximum Gasteiger partial charge on any atom is 0.333 e. The predicted octanol–water partition coefficient (Wildman–Crippen LogP) is 10.6. The van der Waals surface area contributed by atoms with E-state index in [0.717, 1.165) is 57.5 Å². The van der Waals surface area contributed by atoms with Crippen molar-refractivity contribution in [1.29, 1.82) is 0 Å². The molecule has 1 aliphatic carbocycles. The van der Waals surface area contributed by atoms with Crippen LogP contribution in [0.25, 0.3) is 10.8 Å². The second-order valence-electron chi connectivity index (χ2n) is 12.5. The van der Waals surface area contributed by atoms with Gasteiger partial charge < -0.3 is 19.9 Å². The molecule has 1 fully saturated rings. The second-order valence-corrected chi connectivity index (χ2v) is 12.5. The molecule has 0 radical (unpaired) electrons. The highest BCUT2D eigenvalue weighted by Gasteiger charge is 2.29. The number of fused-ring (bicyclic) bond motifs is 1. The molecule has 2 unspecified atom stereocenters. The molecule has 1 aliphatic rings. The summed E-state index contributed by atoms with van der Waals surface area (Å²) < 4.78 is 5.90. The van der Waals surface area contributed by atoms with E-state index in [0.29, 0.717) is 5.57 Å². The van der Waals surface area contributed by atoms with Crippen molar-refractivity contribution < 1.29 is 9.53 Å². The molecule has 0 amide bonds. The third-order valence-corrected chi connectivity index (χ3v) is 9.63. The van der Waals surface area contributed by atoms with Gasteiger partial charge in [-0.15, -0.1) is 0 Å². The van der Waals surface area contributed by atoms with Crippen LogP contribution in [-0.4, -0.2) is 44.3 Å². The Bertz CT molecular complexity index is 1580. The Morgan fingerprint density at radius 1 is 0.760 bits per heavy atom. The van der Waals surface area contributed by atoms with Gasteiger partial charge in [0, 0.05) is 82.5 Å². The van der Waals surface area contributed by atoms with Gasteiger partial charge in [0.2, 0.25) is 0 Å². The Morgan fingerprint density at radius 3 is 1.72 bits per heavy atom. The SMILES string of the molecule is C=C(C)C(=O)OC1CCCCC1Nc1ccc(C(c2ccc(N(CC)CC)cc2)c2ccc(N(CC)CC)cc2)c2ccccc12.CC.S=S. The fourth-order valence-electron chi connectivity index (χ4n) is 7.03. The van der Waals surface area contributed by atoms with Crippen molar-refractivity contribution in [2.75, 3.05) is 41.3 Å². The summed E-state index contributed by atoms with van der Waals surface area (Å²) in [6, 6.07) is 31.6. The van der Waals surface area contributed by atoms with Gasteiger partial charge in [-0.1, -0.05) is 81.4 Å². The van der Waals surface area contributed by atoms with Crippen LogP contribution >= 0.6 is 0 Å². The molecular formula is C43H57N3O2S2. The lowest BCUT2D eigenvalue weighted by Crippen LogP contribution is -2.40. The summed E-state index contributed by atoms with van der Waals surface area (Å²) in [6.45, 7) is 22.3. The molecule has 7 heteroatoms. The summed E-state index contributed by atoms with van der Waals surface area (Å²) in [5.41, 5.74) is 7.86. The van der Waals surface area contributed by atoms with Gasteiger partial charge >= 0.3 is 5.97 Å². The number of carbonyl (C=O) groups is 1. The summed E-state index contributed by atoms with van der Waals surface area (Å²) >= 11 is 7.33. The largest absolute Gasteiger partial charge is 0.457 e. The monoisotopic (exact) mass is 711 g/mol. The molecule has 4 aromatic rings. The molecule has 0 bridgehead atoms. The van der Waals surface area contributed by atoms with Gasteiger partial charge in [0.05, 0.1) is 6.04 Å². The molecule has 0 spiro atoms. The molecule has 0 aliphatic heterocycles. The highest BCUT2D eigenvalue weighted by molar-refractivity contribution is 8.07. The molecule has 0 heterocycles. The Hall–Kier alpha value is -3.81. The van der Waals surface area contributed by atoms with Crippen molar-refractivity contribution in [2.24, 2.45) is 0 Å². The lowest BCUT2D eigenvalue weighted by Gasteiger charge is -2.33. The lowest BCUT2D eigenvalue weighted by molar-refractivity contribution is -0.146. The zero-order valence-corrected chi connectivity index (χ0v) is 32.8. The number of nitrogens with one attached hydrogen (secondary N) is 1. The number of rotatable bonds is 13. The summed E-state index contributed by atoms with van der Waals surface area (Å²) in [6.07, 6.45) is 3.84. The summed E-state index contributed by atoms with van der Waals surface area (Å²) in [5, 5.41) is 6.22. The van der Waals surface area contributed by atoms with E-state index in [1.54, 1.807) is 6.92 Å². The van der Waals surface area contributed by atoms with Crippen LogP contribution < -0.4 is 15.1 Å². The number of benzene rings is 4. The summed E-state index contributed by atoms with van der Waals surface area (Å²) in [4.78, 5) is 17.2. The molecule has 1 N–H and O–H groups in total. The molecule has 50 heavy (non-hydrogen) atoms. The average Bonchev–Trinajstić information content (AvgIpc) is 3.17. The van der Waals surface area contributed by atoms with Crippen LogP contribution in [-0.2, 0) is 31.9 Å². The quantitative estimate of drug-likeness (QED) is 0.0841. The molecule has 0 saturated heterocycles. The minimum atomic E-state index is -0.305. The first-order valence-corrected chi connectivity index (χ1v) is 19.7. The van der Waals surface area contributed by atoms with E-state index < -0.39 is 0 Å². The van der Waals surface area contributed by atoms with Crippen LogP contribution in [0.4, 0.5) is 17.1 Å². The number of hydrogen-bond acceptors (Lipinski definition) is 7. The Balaban J connectivity index is 0.00000163. The van der Waals surface area contributed by atoms with Crippen molar-refractivity contribution in [3.8, 4) is 0 Å². The minimum Gasteiger partial charge on any atom is -0.457 e. The molecule has 4 aromatic carbocycles. The zero-order chi connectivity index (χ0) is 36.6. The van der Waals surface area contributed by atoms with Gasteiger partial charge in [0.1, 0.15) is 6.10 Å². The second kappa shape index (κ2) is 20.8. The van der Waals surface area contributed by atoms with Crippen LogP contribution in [0.15, 0.2) is 97.1 Å². The number of ether oxygens (including phenoxy) is 1. The van der Waals surface area contributed by atoms with E-state index in [9.17, 15) is 4.79 Å². The number of hydrogen-bond donors (Lipinski definition) is 1. The highest BCUT2D eigenvalue weighted by Crippen LogP contribution is 2.40. The normalized spacial score (nSPS) is 15.2. The molecule has 0 aromatic heterocycles. The van der Waals surface area contributed by atoms with Crippen molar-refractivity contribution in [3.05, 3.63) is 114 Å². The first-order valence-electron chi connectivity index (χ1n) is 18.4. The first-order chi connectivity index (χ1) is 24.4. The van der Waals surface area contributed by atoms with Gasteiger partial charge in [-0.3, -0.25) is 0 Å². The van der Waals surface area contributed by atoms with Crippen molar-refractivity contribution in [3.63, 3.8) is 0 Å². The molecule has 268 valence electrons. The van der Waals surface area contributed by atoms with Gasteiger partial charge in [0.15, 0.2) is 0 Å². The topological polar surface area (TPSA) is 44.8 Å². The van der Waals surface area contributed by atoms with Gasteiger partial charge in [0.25, 0.3) is 0 Å². The third kappa shape index (κ3) is 9.91. The molecule has 2 atom stereocenters. The van der Waals surface area contributed by atoms with Gasteiger partial charge in [-0.25, -0.2) is 4.79 Å². The van der Waals surface area contributed by atoms with Crippen LogP contribution in [0.3, 0.4) is 0 Å².